The van der Waals surface area contributed by atoms with Gasteiger partial charge in [0.2, 0.25) is 5.91 Å². The molecule has 0 fully saturated rings. The molecule has 0 aromatic heterocycles. The molecular formula is C12H22NO6P. The number of rotatable bonds is 6. The minimum Gasteiger partial charge on any atom is -0.391 e. The molecule has 1 rings (SSSR count). The minimum absolute atomic E-state index is 0.0132. The minimum atomic E-state index is -3.50. The average Bonchev–Trinajstić information content (AvgIpc) is 2.34. The first-order chi connectivity index (χ1) is 9.34. The summed E-state index contributed by atoms with van der Waals surface area (Å²) in [6, 6.07) is -0.826. The van der Waals surface area contributed by atoms with Gasteiger partial charge in [-0.05, 0) is 19.9 Å². The summed E-state index contributed by atoms with van der Waals surface area (Å²) in [6.07, 6.45) is -0.853. The molecule has 0 aliphatic heterocycles. The topological polar surface area (TPSA) is 105 Å². The molecule has 20 heavy (non-hydrogen) atoms. The maximum Gasteiger partial charge on any atom is 0.357 e. The van der Waals surface area contributed by atoms with Gasteiger partial charge in [0.05, 0.1) is 31.5 Å². The molecule has 116 valence electrons. The highest BCUT2D eigenvalue weighted by atomic mass is 31.2. The van der Waals surface area contributed by atoms with Gasteiger partial charge in [0, 0.05) is 18.7 Å². The van der Waals surface area contributed by atoms with Crippen molar-refractivity contribution in [3.05, 3.63) is 11.4 Å². The summed E-state index contributed by atoms with van der Waals surface area (Å²) < 4.78 is 22.9. The summed E-state index contributed by atoms with van der Waals surface area (Å²) in [4.78, 5) is 11.0. The molecular weight excluding hydrogens is 285 g/mol. The zero-order chi connectivity index (χ0) is 15.3. The van der Waals surface area contributed by atoms with Crippen LogP contribution in [0.5, 0.6) is 0 Å². The number of carbonyl (C=O) groups is 1. The Morgan fingerprint density at radius 2 is 1.95 bits per heavy atom. The van der Waals surface area contributed by atoms with Gasteiger partial charge in [-0.25, -0.2) is 0 Å². The Balaban J connectivity index is 2.97. The summed E-state index contributed by atoms with van der Waals surface area (Å²) >= 11 is 0. The van der Waals surface area contributed by atoms with Crippen molar-refractivity contribution < 1.29 is 28.6 Å². The summed E-state index contributed by atoms with van der Waals surface area (Å²) in [6.45, 7) is 5.04. The second-order valence-corrected chi connectivity index (χ2v) is 6.57. The van der Waals surface area contributed by atoms with Crippen LogP contribution in [0.4, 0.5) is 0 Å². The van der Waals surface area contributed by atoms with Gasteiger partial charge in [-0.2, -0.15) is 0 Å². The normalized spacial score (nSPS) is 27.1. The summed E-state index contributed by atoms with van der Waals surface area (Å²) in [5, 5.41) is 22.7. The Labute approximate surface area is 118 Å². The van der Waals surface area contributed by atoms with Crippen molar-refractivity contribution in [2.75, 3.05) is 13.2 Å². The highest BCUT2D eigenvalue weighted by molar-refractivity contribution is 7.58. The monoisotopic (exact) mass is 307 g/mol. The van der Waals surface area contributed by atoms with Crippen molar-refractivity contribution in [1.82, 2.24) is 5.32 Å². The molecule has 1 amide bonds. The van der Waals surface area contributed by atoms with E-state index in [0.717, 1.165) is 0 Å². The van der Waals surface area contributed by atoms with E-state index in [1.165, 1.54) is 13.0 Å². The van der Waals surface area contributed by atoms with Crippen LogP contribution >= 0.6 is 7.60 Å². The predicted octanol–water partition coefficient (Wildman–Crippen LogP) is 0.767. The third-order valence-electron chi connectivity index (χ3n) is 2.88. The van der Waals surface area contributed by atoms with E-state index in [-0.39, 0.29) is 30.9 Å². The van der Waals surface area contributed by atoms with Gasteiger partial charge in [-0.3, -0.25) is 9.36 Å². The fourth-order valence-electron chi connectivity index (χ4n) is 2.10. The van der Waals surface area contributed by atoms with Crippen LogP contribution in [-0.2, 0) is 18.4 Å². The highest BCUT2D eigenvalue weighted by Crippen LogP contribution is 2.58. The van der Waals surface area contributed by atoms with Crippen molar-refractivity contribution >= 4 is 13.5 Å². The standard InChI is InChI=1S/C12H22NO6P/c1-4-18-20(17,19-5-2)9-6-10(15)12(11(16)7-9)13-8(3)14/h6,10-12,15-16H,4-5,7H2,1-3H3,(H,13,14)/t10-,11+,12+/m0/s1. The van der Waals surface area contributed by atoms with Gasteiger partial charge in [-0.15, -0.1) is 0 Å². The Kier molecular flexibility index (Phi) is 6.36. The van der Waals surface area contributed by atoms with Crippen molar-refractivity contribution in [2.24, 2.45) is 0 Å². The molecule has 1 aliphatic rings. The molecule has 0 radical (unpaired) electrons. The zero-order valence-electron chi connectivity index (χ0n) is 11.9. The van der Waals surface area contributed by atoms with Crippen LogP contribution in [0.15, 0.2) is 11.4 Å². The lowest BCUT2D eigenvalue weighted by molar-refractivity contribution is -0.121. The molecule has 0 saturated heterocycles. The molecule has 0 bridgehead atoms. The summed E-state index contributed by atoms with van der Waals surface area (Å²) in [5.41, 5.74) is 0. The molecule has 3 atom stereocenters. The first kappa shape index (κ1) is 17.3. The van der Waals surface area contributed by atoms with E-state index in [4.69, 9.17) is 9.05 Å². The Morgan fingerprint density at radius 1 is 1.40 bits per heavy atom. The van der Waals surface area contributed by atoms with Gasteiger partial charge in [0.15, 0.2) is 0 Å². The second-order valence-electron chi connectivity index (χ2n) is 4.48. The lowest BCUT2D eigenvalue weighted by atomic mass is 9.95. The van der Waals surface area contributed by atoms with Crippen LogP contribution in [0, 0.1) is 0 Å². The van der Waals surface area contributed by atoms with Crippen LogP contribution in [0.25, 0.3) is 0 Å². The van der Waals surface area contributed by atoms with Gasteiger partial charge < -0.3 is 24.6 Å². The van der Waals surface area contributed by atoms with E-state index in [2.05, 4.69) is 5.32 Å². The Morgan fingerprint density at radius 3 is 2.35 bits per heavy atom. The molecule has 3 N–H and O–H groups in total. The molecule has 0 aromatic rings. The van der Waals surface area contributed by atoms with Crippen molar-refractivity contribution in [1.29, 1.82) is 0 Å². The summed E-state index contributed by atoms with van der Waals surface area (Å²) in [7, 11) is -3.50. The van der Waals surface area contributed by atoms with E-state index < -0.39 is 25.8 Å². The van der Waals surface area contributed by atoms with Gasteiger partial charge >= 0.3 is 7.60 Å². The smallest absolute Gasteiger partial charge is 0.357 e. The van der Waals surface area contributed by atoms with Crippen molar-refractivity contribution in [2.45, 2.75) is 45.4 Å². The van der Waals surface area contributed by atoms with E-state index in [1.54, 1.807) is 13.8 Å². The molecule has 7 nitrogen and oxygen atoms in total. The van der Waals surface area contributed by atoms with Crippen LogP contribution in [-0.4, -0.2) is 47.6 Å². The van der Waals surface area contributed by atoms with Crippen LogP contribution in [0.2, 0.25) is 0 Å². The fraction of sp³-hybridized carbons (Fsp3) is 0.750. The van der Waals surface area contributed by atoms with E-state index in [0.29, 0.717) is 0 Å². The number of hydrogen-bond acceptors (Lipinski definition) is 6. The summed E-state index contributed by atoms with van der Waals surface area (Å²) in [5.74, 6) is -0.359. The molecule has 0 unspecified atom stereocenters. The number of carbonyl (C=O) groups excluding carboxylic acids is 1. The third kappa shape index (κ3) is 4.14. The Bertz CT molecular complexity index is 414. The SMILES string of the molecule is CCOP(=O)(OCC)C1=C[C@H](O)[C@@H](NC(C)=O)[C@H](O)C1. The van der Waals surface area contributed by atoms with E-state index in [1.807, 2.05) is 0 Å². The lowest BCUT2D eigenvalue weighted by Gasteiger charge is -2.33. The third-order valence-corrected chi connectivity index (χ3v) is 5.12. The number of nitrogens with one attached hydrogen (secondary N) is 1. The second kappa shape index (κ2) is 7.33. The first-order valence-corrected chi connectivity index (χ1v) is 8.12. The largest absolute Gasteiger partial charge is 0.391 e. The van der Waals surface area contributed by atoms with Crippen LogP contribution < -0.4 is 5.32 Å². The van der Waals surface area contributed by atoms with Crippen molar-refractivity contribution in [3.63, 3.8) is 0 Å². The lowest BCUT2D eigenvalue weighted by Crippen LogP contribution is -2.51. The maximum atomic E-state index is 12.6. The number of amides is 1. The van der Waals surface area contributed by atoms with Gasteiger partial charge in [0.1, 0.15) is 0 Å². The highest BCUT2D eigenvalue weighted by Gasteiger charge is 2.39. The zero-order valence-corrected chi connectivity index (χ0v) is 12.8. The van der Waals surface area contributed by atoms with Crippen molar-refractivity contribution in [3.8, 4) is 0 Å². The number of aliphatic hydroxyl groups excluding tert-OH is 2. The van der Waals surface area contributed by atoms with Crippen LogP contribution in [0.1, 0.15) is 27.2 Å². The quantitative estimate of drug-likeness (QED) is 0.626. The molecule has 0 heterocycles. The molecule has 0 aromatic carbocycles. The number of hydrogen-bond donors (Lipinski definition) is 3. The number of aliphatic hydroxyl groups is 2. The molecule has 0 spiro atoms. The first-order valence-electron chi connectivity index (χ1n) is 6.57. The maximum absolute atomic E-state index is 12.6. The van der Waals surface area contributed by atoms with E-state index >= 15 is 0 Å². The molecule has 0 saturated carbocycles. The van der Waals surface area contributed by atoms with Gasteiger partial charge in [0.25, 0.3) is 0 Å². The average molecular weight is 307 g/mol. The molecule has 1 aliphatic carbocycles. The predicted molar refractivity (Wildman–Crippen MR) is 73.2 cm³/mol. The fourth-order valence-corrected chi connectivity index (χ4v) is 3.93. The van der Waals surface area contributed by atoms with Crippen LogP contribution in [0.3, 0.4) is 0 Å². The van der Waals surface area contributed by atoms with Gasteiger partial charge in [-0.1, -0.05) is 0 Å². The molecule has 8 heteroatoms. The Hall–Kier alpha value is -0.720. The van der Waals surface area contributed by atoms with E-state index in [9.17, 15) is 19.6 Å².